The molecule has 140 valence electrons. The Kier molecular flexibility index (Phi) is 4.90. The average Bonchev–Trinajstić information content (AvgIpc) is 3.24. The van der Waals surface area contributed by atoms with Gasteiger partial charge in [-0.05, 0) is 32.6 Å². The van der Waals surface area contributed by atoms with Crippen LogP contribution in [0.2, 0.25) is 0 Å². The second-order valence-corrected chi connectivity index (χ2v) is 6.93. The summed E-state index contributed by atoms with van der Waals surface area (Å²) in [7, 11) is 0. The van der Waals surface area contributed by atoms with Crippen molar-refractivity contribution < 1.29 is 13.9 Å². The quantitative estimate of drug-likeness (QED) is 0.775. The molecule has 0 aliphatic carbocycles. The van der Waals surface area contributed by atoms with Crippen LogP contribution in [0.3, 0.4) is 0 Å². The molecule has 2 aliphatic rings. The van der Waals surface area contributed by atoms with E-state index in [2.05, 4.69) is 24.6 Å². The van der Waals surface area contributed by atoms with Gasteiger partial charge in [0, 0.05) is 32.0 Å². The molecule has 8 heteroatoms. The Bertz CT molecular complexity index is 761. The highest BCUT2D eigenvalue weighted by Crippen LogP contribution is 2.30. The molecule has 1 saturated heterocycles. The molecule has 8 nitrogen and oxygen atoms in total. The predicted molar refractivity (Wildman–Crippen MR) is 94.2 cm³/mol. The molecule has 0 N–H and O–H groups in total. The topological polar surface area (TPSA) is 86.3 Å². The normalized spacial score (nSPS) is 18.4. The third-order valence-electron chi connectivity index (χ3n) is 5.25. The van der Waals surface area contributed by atoms with E-state index in [-0.39, 0.29) is 5.69 Å². The summed E-state index contributed by atoms with van der Waals surface area (Å²) in [5, 5.41) is 8.93. The van der Waals surface area contributed by atoms with Crippen molar-refractivity contribution in [1.29, 1.82) is 0 Å². The fourth-order valence-electron chi connectivity index (χ4n) is 3.85. The predicted octanol–water partition coefficient (Wildman–Crippen LogP) is 2.55. The van der Waals surface area contributed by atoms with E-state index >= 15 is 0 Å². The number of ether oxygens (including phenoxy) is 1. The lowest BCUT2D eigenvalue weighted by Gasteiger charge is -2.30. The minimum Gasteiger partial charge on any atom is -0.461 e. The summed E-state index contributed by atoms with van der Waals surface area (Å²) < 4.78 is 12.8. The van der Waals surface area contributed by atoms with Crippen molar-refractivity contribution in [2.75, 3.05) is 24.6 Å². The summed E-state index contributed by atoms with van der Waals surface area (Å²) >= 11 is 0. The number of aryl methyl sites for hydroxylation is 1. The Morgan fingerprint density at radius 2 is 2.08 bits per heavy atom. The maximum atomic E-state index is 11.7. The van der Waals surface area contributed by atoms with E-state index in [4.69, 9.17) is 9.15 Å². The Labute approximate surface area is 152 Å². The minimum atomic E-state index is -0.441. The Morgan fingerprint density at radius 3 is 2.88 bits per heavy atom. The zero-order chi connectivity index (χ0) is 17.9. The van der Waals surface area contributed by atoms with Gasteiger partial charge in [-0.15, -0.1) is 10.2 Å². The summed E-state index contributed by atoms with van der Waals surface area (Å²) in [5.41, 5.74) is 0.228. The summed E-state index contributed by atoms with van der Waals surface area (Å²) in [5.74, 6) is 2.27. The van der Waals surface area contributed by atoms with Crippen LogP contribution in [0.5, 0.6) is 0 Å². The van der Waals surface area contributed by atoms with Crippen molar-refractivity contribution in [3.63, 3.8) is 0 Å². The molecule has 26 heavy (non-hydrogen) atoms. The first-order valence-corrected chi connectivity index (χ1v) is 9.56. The number of hydrogen-bond donors (Lipinski definition) is 0. The largest absolute Gasteiger partial charge is 0.461 e. The monoisotopic (exact) mass is 359 g/mol. The van der Waals surface area contributed by atoms with Crippen LogP contribution in [0, 0.1) is 0 Å². The van der Waals surface area contributed by atoms with Crippen LogP contribution in [-0.4, -0.2) is 45.4 Å². The average molecular weight is 359 g/mol. The number of nitrogens with zero attached hydrogens (tertiary/aromatic N) is 5. The highest BCUT2D eigenvalue weighted by Gasteiger charge is 2.28. The van der Waals surface area contributed by atoms with Gasteiger partial charge >= 0.3 is 5.97 Å². The molecule has 0 saturated carbocycles. The number of anilines is 1. The van der Waals surface area contributed by atoms with E-state index in [9.17, 15) is 4.79 Å². The number of aromatic nitrogens is 4. The first-order chi connectivity index (χ1) is 12.8. The minimum absolute atomic E-state index is 0.228. The lowest BCUT2D eigenvalue weighted by atomic mass is 9.96. The molecule has 0 unspecified atom stereocenters. The van der Waals surface area contributed by atoms with Crippen LogP contribution < -0.4 is 4.90 Å². The van der Waals surface area contributed by atoms with E-state index in [0.717, 1.165) is 50.5 Å². The number of carbonyl (C=O) groups is 1. The van der Waals surface area contributed by atoms with Gasteiger partial charge in [0.2, 0.25) is 0 Å². The molecule has 2 aromatic heterocycles. The van der Waals surface area contributed by atoms with E-state index < -0.39 is 5.97 Å². The van der Waals surface area contributed by atoms with Crippen LogP contribution >= 0.6 is 0 Å². The van der Waals surface area contributed by atoms with Gasteiger partial charge in [-0.3, -0.25) is 0 Å². The van der Waals surface area contributed by atoms with Crippen molar-refractivity contribution >= 4 is 12.0 Å². The van der Waals surface area contributed by atoms with Crippen LogP contribution in [0.15, 0.2) is 10.7 Å². The molecular formula is C18H25N5O3. The zero-order valence-corrected chi connectivity index (χ0v) is 15.2. The molecule has 2 aliphatic heterocycles. The van der Waals surface area contributed by atoms with Gasteiger partial charge in [0.05, 0.1) is 6.61 Å². The molecule has 0 radical (unpaired) electrons. The second kappa shape index (κ2) is 7.47. The summed E-state index contributed by atoms with van der Waals surface area (Å²) in [6.07, 6.45) is 8.07. The highest BCUT2D eigenvalue weighted by atomic mass is 16.5. The van der Waals surface area contributed by atoms with E-state index in [0.29, 0.717) is 18.5 Å². The van der Waals surface area contributed by atoms with E-state index in [1.807, 2.05) is 0 Å². The smallest absolute Gasteiger partial charge is 0.360 e. The number of oxazole rings is 1. The first-order valence-electron chi connectivity index (χ1n) is 9.56. The van der Waals surface area contributed by atoms with Crippen molar-refractivity contribution in [3.05, 3.63) is 23.6 Å². The van der Waals surface area contributed by atoms with Crippen LogP contribution in [-0.2, 0) is 17.7 Å². The maximum Gasteiger partial charge on any atom is 0.360 e. The van der Waals surface area contributed by atoms with Gasteiger partial charge in [-0.2, -0.15) is 4.98 Å². The first kappa shape index (κ1) is 17.1. The number of hydrogen-bond acceptors (Lipinski definition) is 7. The summed E-state index contributed by atoms with van der Waals surface area (Å²) in [6.45, 7) is 4.80. The lowest BCUT2D eigenvalue weighted by Crippen LogP contribution is -2.34. The fraction of sp³-hybridized carbons (Fsp3) is 0.667. The standard InChI is InChI=1S/C18H25N5O3/c1-2-25-17(24)14-12-26-18(19-14)22-10-7-13(8-11-22)16-21-20-15-6-4-3-5-9-23(15)16/h12-13H,2-11H2,1H3. The van der Waals surface area contributed by atoms with Gasteiger partial charge in [0.15, 0.2) is 5.69 Å². The second-order valence-electron chi connectivity index (χ2n) is 6.93. The molecule has 0 amide bonds. The molecule has 0 aromatic carbocycles. The Balaban J connectivity index is 1.40. The highest BCUT2D eigenvalue weighted by molar-refractivity contribution is 5.87. The van der Waals surface area contributed by atoms with Crippen LogP contribution in [0.1, 0.15) is 67.1 Å². The zero-order valence-electron chi connectivity index (χ0n) is 15.2. The van der Waals surface area contributed by atoms with Crippen LogP contribution in [0.25, 0.3) is 0 Å². The molecule has 1 fully saturated rings. The van der Waals surface area contributed by atoms with E-state index in [1.54, 1.807) is 6.92 Å². The Hall–Kier alpha value is -2.38. The number of esters is 1. The number of carbonyl (C=O) groups excluding carboxylic acids is 1. The van der Waals surface area contributed by atoms with Crippen molar-refractivity contribution in [2.24, 2.45) is 0 Å². The van der Waals surface area contributed by atoms with E-state index in [1.165, 1.54) is 25.5 Å². The Morgan fingerprint density at radius 1 is 1.23 bits per heavy atom. The van der Waals surface area contributed by atoms with Gasteiger partial charge in [-0.25, -0.2) is 4.79 Å². The molecule has 4 heterocycles. The number of rotatable bonds is 4. The molecular weight excluding hydrogens is 334 g/mol. The number of piperidine rings is 1. The molecule has 0 bridgehead atoms. The van der Waals surface area contributed by atoms with Gasteiger partial charge in [-0.1, -0.05) is 6.42 Å². The van der Waals surface area contributed by atoms with Gasteiger partial charge in [0.1, 0.15) is 17.9 Å². The molecule has 0 spiro atoms. The SMILES string of the molecule is CCOC(=O)c1coc(N2CCC(c3nnc4n3CCCCC4)CC2)n1. The van der Waals surface area contributed by atoms with Crippen molar-refractivity contribution in [1.82, 2.24) is 19.7 Å². The third-order valence-corrected chi connectivity index (χ3v) is 5.25. The summed E-state index contributed by atoms with van der Waals surface area (Å²) in [4.78, 5) is 18.1. The van der Waals surface area contributed by atoms with Gasteiger partial charge < -0.3 is 18.6 Å². The molecule has 4 rings (SSSR count). The van der Waals surface area contributed by atoms with Gasteiger partial charge in [0.25, 0.3) is 6.01 Å². The maximum absolute atomic E-state index is 11.7. The van der Waals surface area contributed by atoms with Crippen LogP contribution in [0.4, 0.5) is 6.01 Å². The third kappa shape index (κ3) is 3.32. The van der Waals surface area contributed by atoms with Crippen molar-refractivity contribution in [2.45, 2.75) is 57.9 Å². The van der Waals surface area contributed by atoms with Crippen molar-refractivity contribution in [3.8, 4) is 0 Å². The lowest BCUT2D eigenvalue weighted by molar-refractivity contribution is 0.0519. The molecule has 2 aromatic rings. The number of fused-ring (bicyclic) bond motifs is 1. The fourth-order valence-corrected chi connectivity index (χ4v) is 3.85. The summed E-state index contributed by atoms with van der Waals surface area (Å²) in [6, 6.07) is 0.492. The molecule has 0 atom stereocenters.